The summed E-state index contributed by atoms with van der Waals surface area (Å²) in [5.74, 6) is -0.313. The Hall–Kier alpha value is -2.98. The molecular weight excluding hydrogens is 386 g/mol. The lowest BCUT2D eigenvalue weighted by Crippen LogP contribution is -2.51. The van der Waals surface area contributed by atoms with Crippen LogP contribution in [0.1, 0.15) is 11.1 Å². The molecule has 1 atom stereocenters. The number of rotatable bonds is 5. The molecule has 0 fully saturated rings. The van der Waals surface area contributed by atoms with Crippen molar-refractivity contribution in [1.82, 2.24) is 9.62 Å². The van der Waals surface area contributed by atoms with E-state index in [1.54, 1.807) is 12.1 Å². The second-order valence-electron chi connectivity index (χ2n) is 6.24. The maximum absolute atomic E-state index is 13.4. The van der Waals surface area contributed by atoms with Crippen molar-refractivity contribution in [3.05, 3.63) is 63.7 Å². The molecule has 1 aliphatic heterocycles. The van der Waals surface area contributed by atoms with Gasteiger partial charge in [0.1, 0.15) is 11.8 Å². The average molecular weight is 405 g/mol. The summed E-state index contributed by atoms with van der Waals surface area (Å²) >= 11 is 0. The predicted octanol–water partition coefficient (Wildman–Crippen LogP) is 1.46. The topological polar surface area (TPSA) is 119 Å². The monoisotopic (exact) mass is 405 g/mol. The fourth-order valence-corrected chi connectivity index (χ4v) is 4.96. The van der Waals surface area contributed by atoms with E-state index in [2.05, 4.69) is 5.32 Å². The van der Waals surface area contributed by atoms with Crippen LogP contribution in [0.3, 0.4) is 0 Å². The van der Waals surface area contributed by atoms with Gasteiger partial charge in [0.15, 0.2) is 4.90 Å². The number of nitrogens with one attached hydrogen (secondary N) is 1. The summed E-state index contributed by atoms with van der Waals surface area (Å²) in [7, 11) is -1.58. The predicted molar refractivity (Wildman–Crippen MR) is 100 cm³/mol. The fraction of sp³-hybridized carbons (Fsp3) is 0.278. The molecule has 0 radical (unpaired) electrons. The van der Waals surface area contributed by atoms with Gasteiger partial charge in [0.2, 0.25) is 5.91 Å². The molecule has 0 unspecified atom stereocenters. The van der Waals surface area contributed by atoms with Gasteiger partial charge in [-0.15, -0.1) is 0 Å². The number of hydrogen-bond donors (Lipinski definition) is 1. The molecule has 1 aliphatic rings. The van der Waals surface area contributed by atoms with E-state index >= 15 is 0 Å². The molecule has 2 aromatic carbocycles. The van der Waals surface area contributed by atoms with Crippen molar-refractivity contribution in [2.24, 2.45) is 0 Å². The zero-order valence-electron chi connectivity index (χ0n) is 15.3. The molecule has 2 aromatic rings. The van der Waals surface area contributed by atoms with E-state index in [4.69, 9.17) is 4.74 Å². The summed E-state index contributed by atoms with van der Waals surface area (Å²) in [4.78, 5) is 22.6. The van der Waals surface area contributed by atoms with E-state index in [-0.39, 0.29) is 18.7 Å². The lowest BCUT2D eigenvalue weighted by atomic mass is 9.95. The van der Waals surface area contributed by atoms with Gasteiger partial charge in [-0.2, -0.15) is 4.31 Å². The van der Waals surface area contributed by atoms with E-state index in [1.807, 2.05) is 12.1 Å². The van der Waals surface area contributed by atoms with E-state index in [0.717, 1.165) is 27.6 Å². The molecule has 0 saturated heterocycles. The number of ether oxygens (including phenoxy) is 1. The molecular formula is C18H19N3O6S. The largest absolute Gasteiger partial charge is 0.497 e. The van der Waals surface area contributed by atoms with Crippen molar-refractivity contribution >= 4 is 21.6 Å². The molecule has 0 spiro atoms. The van der Waals surface area contributed by atoms with Crippen LogP contribution in [0.5, 0.6) is 5.75 Å². The van der Waals surface area contributed by atoms with E-state index in [1.165, 1.54) is 20.2 Å². The van der Waals surface area contributed by atoms with Crippen LogP contribution >= 0.6 is 0 Å². The highest BCUT2D eigenvalue weighted by molar-refractivity contribution is 7.89. The van der Waals surface area contributed by atoms with Gasteiger partial charge in [-0.3, -0.25) is 14.9 Å². The van der Waals surface area contributed by atoms with Gasteiger partial charge in [-0.25, -0.2) is 8.42 Å². The van der Waals surface area contributed by atoms with Gasteiger partial charge in [-0.05, 0) is 29.7 Å². The van der Waals surface area contributed by atoms with Crippen molar-refractivity contribution < 1.29 is 22.9 Å². The van der Waals surface area contributed by atoms with Crippen molar-refractivity contribution in [3.8, 4) is 5.75 Å². The molecule has 10 heteroatoms. The highest BCUT2D eigenvalue weighted by Crippen LogP contribution is 2.34. The Kier molecular flexibility index (Phi) is 5.34. The van der Waals surface area contributed by atoms with Crippen molar-refractivity contribution in [3.63, 3.8) is 0 Å². The van der Waals surface area contributed by atoms with Crippen LogP contribution in [0.4, 0.5) is 5.69 Å². The molecule has 0 aliphatic carbocycles. The minimum Gasteiger partial charge on any atom is -0.497 e. The highest BCUT2D eigenvalue weighted by Gasteiger charge is 2.41. The Balaban J connectivity index is 2.14. The Morgan fingerprint density at radius 3 is 2.54 bits per heavy atom. The molecule has 3 rings (SSSR count). The number of carbonyl (C=O) groups excluding carboxylic acids is 1. The number of nitrogens with zero attached hydrogens (tertiary/aromatic N) is 2. The SMILES string of the molecule is CNC(=O)[C@H]1Cc2ccccc2CN1S(=O)(=O)c1ccc(OC)cc1[N+](=O)[O-]. The summed E-state index contributed by atoms with van der Waals surface area (Å²) < 4.78 is 32.7. The lowest BCUT2D eigenvalue weighted by molar-refractivity contribution is -0.387. The molecule has 9 nitrogen and oxygen atoms in total. The highest BCUT2D eigenvalue weighted by atomic mass is 32.2. The lowest BCUT2D eigenvalue weighted by Gasteiger charge is -2.34. The van der Waals surface area contributed by atoms with Crippen LogP contribution in [-0.2, 0) is 27.8 Å². The molecule has 1 N–H and O–H groups in total. The number of benzene rings is 2. The average Bonchev–Trinajstić information content (AvgIpc) is 2.71. The number of sulfonamides is 1. The second kappa shape index (κ2) is 7.56. The maximum atomic E-state index is 13.4. The molecule has 28 heavy (non-hydrogen) atoms. The number of amides is 1. The molecule has 0 saturated carbocycles. The first-order valence-corrected chi connectivity index (χ1v) is 9.86. The third kappa shape index (κ3) is 3.43. The van der Waals surface area contributed by atoms with Crippen LogP contribution in [0, 0.1) is 10.1 Å². The third-order valence-corrected chi connectivity index (χ3v) is 6.61. The van der Waals surface area contributed by atoms with Gasteiger partial charge in [0.25, 0.3) is 15.7 Å². The minimum atomic E-state index is -4.33. The zero-order chi connectivity index (χ0) is 20.5. The summed E-state index contributed by atoms with van der Waals surface area (Å²) in [5, 5.41) is 14.0. The number of fused-ring (bicyclic) bond motifs is 1. The van der Waals surface area contributed by atoms with Crippen molar-refractivity contribution in [2.75, 3.05) is 14.2 Å². The van der Waals surface area contributed by atoms with Gasteiger partial charge >= 0.3 is 0 Å². The number of nitro benzene ring substituents is 1. The summed E-state index contributed by atoms with van der Waals surface area (Å²) in [6.45, 7) is -0.0558. The second-order valence-corrected chi connectivity index (χ2v) is 8.10. The Morgan fingerprint density at radius 1 is 1.25 bits per heavy atom. The molecule has 1 amide bonds. The summed E-state index contributed by atoms with van der Waals surface area (Å²) in [6, 6.07) is 9.73. The molecule has 0 bridgehead atoms. The van der Waals surface area contributed by atoms with E-state index in [9.17, 15) is 23.3 Å². The number of methoxy groups -OCH3 is 1. The smallest absolute Gasteiger partial charge is 0.293 e. The van der Waals surface area contributed by atoms with Gasteiger partial charge in [0.05, 0.1) is 18.1 Å². The third-order valence-electron chi connectivity index (χ3n) is 4.70. The minimum absolute atomic E-state index is 0.0558. The Labute approximate surface area is 162 Å². The number of hydrogen-bond acceptors (Lipinski definition) is 6. The van der Waals surface area contributed by atoms with Crippen LogP contribution in [0.25, 0.3) is 0 Å². The summed E-state index contributed by atoms with van der Waals surface area (Å²) in [5.41, 5.74) is 1.02. The maximum Gasteiger partial charge on any atom is 0.293 e. The van der Waals surface area contributed by atoms with Crippen molar-refractivity contribution in [1.29, 1.82) is 0 Å². The van der Waals surface area contributed by atoms with E-state index in [0.29, 0.717) is 0 Å². The number of nitro groups is 1. The van der Waals surface area contributed by atoms with Crippen LogP contribution in [0.15, 0.2) is 47.4 Å². The van der Waals surface area contributed by atoms with Crippen LogP contribution in [0.2, 0.25) is 0 Å². The number of carbonyl (C=O) groups is 1. The fourth-order valence-electron chi connectivity index (χ4n) is 3.25. The Bertz CT molecular complexity index is 1040. The number of likely N-dealkylation sites (N-methyl/N-ethyl adjacent to an activating group) is 1. The first-order chi connectivity index (χ1) is 13.3. The molecule has 0 aromatic heterocycles. The first kappa shape index (κ1) is 19.8. The zero-order valence-corrected chi connectivity index (χ0v) is 16.1. The first-order valence-electron chi connectivity index (χ1n) is 8.42. The van der Waals surface area contributed by atoms with Crippen molar-refractivity contribution in [2.45, 2.75) is 23.9 Å². The molecule has 148 valence electrons. The molecule has 1 heterocycles. The normalized spacial score (nSPS) is 16.9. The van der Waals surface area contributed by atoms with Crippen LogP contribution in [-0.4, -0.2) is 43.8 Å². The summed E-state index contributed by atoms with van der Waals surface area (Å²) in [6.07, 6.45) is 0.180. The Morgan fingerprint density at radius 2 is 1.93 bits per heavy atom. The standard InChI is InChI=1S/C18H19N3O6S/c1-19-18(22)16-9-12-5-3-4-6-13(12)11-20(16)28(25,26)17-8-7-14(27-2)10-15(17)21(23)24/h3-8,10,16H,9,11H2,1-2H3,(H,19,22)/t16-/m1/s1. The van der Waals surface area contributed by atoms with Crippen LogP contribution < -0.4 is 10.1 Å². The van der Waals surface area contributed by atoms with Gasteiger partial charge in [-0.1, -0.05) is 24.3 Å². The van der Waals surface area contributed by atoms with E-state index < -0.39 is 37.5 Å². The van der Waals surface area contributed by atoms with Gasteiger partial charge in [0, 0.05) is 13.6 Å². The quantitative estimate of drug-likeness (QED) is 0.594. The van der Waals surface area contributed by atoms with Gasteiger partial charge < -0.3 is 10.1 Å².